The minimum atomic E-state index is -3.03. The lowest BCUT2D eigenvalue weighted by molar-refractivity contribution is -0.123. The van der Waals surface area contributed by atoms with Gasteiger partial charge in [-0.05, 0) is 75.6 Å². The van der Waals surface area contributed by atoms with Crippen LogP contribution in [-0.2, 0) is 21.1 Å². The average molecular weight is 405 g/mol. The van der Waals surface area contributed by atoms with E-state index >= 15 is 0 Å². The smallest absolute Gasteiger partial charge is 0.336 e. The molecule has 0 atom stereocenters. The maximum absolute atomic E-state index is 12.8. The van der Waals surface area contributed by atoms with Crippen LogP contribution in [0, 0.1) is 18.8 Å². The fourth-order valence-corrected chi connectivity index (χ4v) is 5.41. The second-order valence-corrected chi connectivity index (χ2v) is 10.9. The summed E-state index contributed by atoms with van der Waals surface area (Å²) in [4.78, 5) is 24.2. The van der Waals surface area contributed by atoms with E-state index in [-0.39, 0.29) is 34.2 Å². The summed E-state index contributed by atoms with van der Waals surface area (Å²) in [5, 5.41) is 0.514. The van der Waals surface area contributed by atoms with Crippen molar-refractivity contribution in [2.24, 2.45) is 11.8 Å². The number of aryl methyl sites for hydroxylation is 1. The predicted octanol–water partition coefficient (Wildman–Crippen LogP) is 3.84. The lowest BCUT2D eigenvalue weighted by Crippen LogP contribution is -2.29. The molecule has 6 heteroatoms. The molecule has 0 bridgehead atoms. The molecule has 5 nitrogen and oxygen atoms in total. The summed E-state index contributed by atoms with van der Waals surface area (Å²) in [7, 11) is -3.03. The Morgan fingerprint density at radius 2 is 1.79 bits per heavy atom. The maximum atomic E-state index is 12.8. The Hall–Kier alpha value is -1.95. The Labute approximate surface area is 166 Å². The quantitative estimate of drug-likeness (QED) is 0.683. The van der Waals surface area contributed by atoms with E-state index in [0.717, 1.165) is 42.2 Å². The van der Waals surface area contributed by atoms with Crippen molar-refractivity contribution in [3.63, 3.8) is 0 Å². The highest BCUT2D eigenvalue weighted by molar-refractivity contribution is 7.91. The van der Waals surface area contributed by atoms with Gasteiger partial charge in [0.15, 0.2) is 9.84 Å². The van der Waals surface area contributed by atoms with Gasteiger partial charge in [0.2, 0.25) is 0 Å². The summed E-state index contributed by atoms with van der Waals surface area (Å²) in [6, 6.07) is 6.75. The molecule has 1 aliphatic carbocycles. The number of ketones is 1. The molecule has 0 radical (unpaired) electrons. The molecule has 152 valence electrons. The monoisotopic (exact) mass is 404 g/mol. The molecule has 0 N–H and O–H groups in total. The SMILES string of the molecule is Cc1c(CC(=O)C2CCC(CS(=O)(=O)C(C)C)CC2)ccc2oc(=O)ccc12. The van der Waals surface area contributed by atoms with Crippen molar-refractivity contribution in [2.75, 3.05) is 5.75 Å². The van der Waals surface area contributed by atoms with Crippen molar-refractivity contribution in [1.82, 2.24) is 0 Å². The molecule has 1 heterocycles. The van der Waals surface area contributed by atoms with E-state index in [1.54, 1.807) is 26.0 Å². The second-order valence-electron chi connectivity index (χ2n) is 8.25. The number of hydrogen-bond donors (Lipinski definition) is 0. The highest BCUT2D eigenvalue weighted by Crippen LogP contribution is 2.32. The molecule has 0 aliphatic heterocycles. The predicted molar refractivity (Wildman–Crippen MR) is 110 cm³/mol. The first kappa shape index (κ1) is 20.8. The average Bonchev–Trinajstić information content (AvgIpc) is 2.64. The number of hydrogen-bond acceptors (Lipinski definition) is 5. The van der Waals surface area contributed by atoms with Gasteiger partial charge in [-0.3, -0.25) is 4.79 Å². The molecule has 1 aromatic carbocycles. The molecule has 1 aliphatic rings. The van der Waals surface area contributed by atoms with Gasteiger partial charge in [0, 0.05) is 23.8 Å². The van der Waals surface area contributed by atoms with Gasteiger partial charge in [-0.1, -0.05) is 6.07 Å². The number of benzene rings is 1. The van der Waals surface area contributed by atoms with Crippen molar-refractivity contribution in [2.45, 2.75) is 58.1 Å². The van der Waals surface area contributed by atoms with Crippen LogP contribution in [-0.4, -0.2) is 25.2 Å². The van der Waals surface area contributed by atoms with Gasteiger partial charge in [-0.25, -0.2) is 13.2 Å². The standard InChI is InChI=1S/C22H28O5S/c1-14(2)28(25,26)13-16-4-6-17(7-5-16)20(23)12-18-8-10-21-19(15(18)3)9-11-22(24)27-21/h8-11,14,16-17H,4-7,12-13H2,1-3H3. The van der Waals surface area contributed by atoms with Crippen LogP contribution in [0.5, 0.6) is 0 Å². The van der Waals surface area contributed by atoms with E-state index in [0.29, 0.717) is 12.0 Å². The number of rotatable bonds is 6. The van der Waals surface area contributed by atoms with Gasteiger partial charge in [0.25, 0.3) is 0 Å². The first-order valence-corrected chi connectivity index (χ1v) is 11.7. The van der Waals surface area contributed by atoms with E-state index in [9.17, 15) is 18.0 Å². The fourth-order valence-electron chi connectivity index (χ4n) is 4.03. The van der Waals surface area contributed by atoms with Crippen LogP contribution in [0.25, 0.3) is 11.0 Å². The zero-order valence-corrected chi connectivity index (χ0v) is 17.6. The van der Waals surface area contributed by atoms with Crippen molar-refractivity contribution in [1.29, 1.82) is 0 Å². The van der Waals surface area contributed by atoms with Crippen LogP contribution >= 0.6 is 0 Å². The van der Waals surface area contributed by atoms with Gasteiger partial charge in [0.1, 0.15) is 11.4 Å². The molecule has 28 heavy (non-hydrogen) atoms. The number of carbonyl (C=O) groups excluding carboxylic acids is 1. The third kappa shape index (κ3) is 4.54. The van der Waals surface area contributed by atoms with Gasteiger partial charge in [0.05, 0.1) is 11.0 Å². The molecule has 0 saturated heterocycles. The van der Waals surface area contributed by atoms with Gasteiger partial charge in [-0.15, -0.1) is 0 Å². The molecular weight excluding hydrogens is 376 g/mol. The summed E-state index contributed by atoms with van der Waals surface area (Å²) in [5.41, 5.74) is 2.07. The highest BCUT2D eigenvalue weighted by Gasteiger charge is 2.30. The molecular formula is C22H28O5S. The zero-order valence-electron chi connectivity index (χ0n) is 16.7. The van der Waals surface area contributed by atoms with Crippen LogP contribution in [0.15, 0.2) is 33.5 Å². The number of sulfone groups is 1. The Morgan fingerprint density at radius 1 is 1.11 bits per heavy atom. The minimum absolute atomic E-state index is 0.00167. The third-order valence-corrected chi connectivity index (χ3v) is 8.41. The molecule has 3 rings (SSSR count). The fraction of sp³-hybridized carbons (Fsp3) is 0.545. The lowest BCUT2D eigenvalue weighted by atomic mass is 9.79. The zero-order chi connectivity index (χ0) is 20.5. The van der Waals surface area contributed by atoms with E-state index in [4.69, 9.17) is 4.42 Å². The topological polar surface area (TPSA) is 81.4 Å². The maximum Gasteiger partial charge on any atom is 0.336 e. The van der Waals surface area contributed by atoms with Gasteiger partial charge >= 0.3 is 5.63 Å². The second kappa shape index (κ2) is 8.19. The summed E-state index contributed by atoms with van der Waals surface area (Å²) >= 11 is 0. The first-order valence-electron chi connectivity index (χ1n) is 9.94. The van der Waals surface area contributed by atoms with Crippen molar-refractivity contribution >= 4 is 26.6 Å². The molecule has 1 aromatic heterocycles. The van der Waals surface area contributed by atoms with Gasteiger partial charge < -0.3 is 4.42 Å². The highest BCUT2D eigenvalue weighted by atomic mass is 32.2. The normalized spacial score (nSPS) is 20.6. The summed E-state index contributed by atoms with van der Waals surface area (Å²) in [6.07, 6.45) is 3.48. The molecule has 0 unspecified atom stereocenters. The van der Waals surface area contributed by atoms with Crippen molar-refractivity contribution in [3.8, 4) is 0 Å². The third-order valence-electron chi connectivity index (χ3n) is 6.04. The van der Waals surface area contributed by atoms with Gasteiger partial charge in [-0.2, -0.15) is 0 Å². The Morgan fingerprint density at radius 3 is 2.43 bits per heavy atom. The van der Waals surface area contributed by atoms with E-state index in [1.165, 1.54) is 6.07 Å². The summed E-state index contributed by atoms with van der Waals surface area (Å²) < 4.78 is 29.5. The largest absolute Gasteiger partial charge is 0.423 e. The van der Waals surface area contributed by atoms with E-state index in [1.807, 2.05) is 13.0 Å². The van der Waals surface area contributed by atoms with Crippen LogP contribution < -0.4 is 5.63 Å². The van der Waals surface area contributed by atoms with Crippen LogP contribution in [0.4, 0.5) is 0 Å². The van der Waals surface area contributed by atoms with E-state index in [2.05, 4.69) is 0 Å². The number of Topliss-reactive ketones (excluding diaryl/α,β-unsaturated/α-hetero) is 1. The lowest BCUT2D eigenvalue weighted by Gasteiger charge is -2.28. The molecule has 0 spiro atoms. The molecule has 2 aromatic rings. The van der Waals surface area contributed by atoms with Crippen LogP contribution in [0.2, 0.25) is 0 Å². The van der Waals surface area contributed by atoms with E-state index < -0.39 is 9.84 Å². The van der Waals surface area contributed by atoms with Crippen molar-refractivity contribution in [3.05, 3.63) is 45.8 Å². The molecule has 1 saturated carbocycles. The van der Waals surface area contributed by atoms with Crippen LogP contribution in [0.1, 0.15) is 50.7 Å². The minimum Gasteiger partial charge on any atom is -0.423 e. The Kier molecular flexibility index (Phi) is 6.08. The first-order chi connectivity index (χ1) is 13.2. The van der Waals surface area contributed by atoms with Crippen LogP contribution in [0.3, 0.4) is 0 Å². The number of carbonyl (C=O) groups is 1. The summed E-state index contributed by atoms with van der Waals surface area (Å²) in [5.74, 6) is 0.620. The Balaban J connectivity index is 1.64. The molecule has 1 fully saturated rings. The number of fused-ring (bicyclic) bond motifs is 1. The van der Waals surface area contributed by atoms with Crippen molar-refractivity contribution < 1.29 is 17.6 Å². The molecule has 0 amide bonds. The Bertz CT molecular complexity index is 1020. The summed E-state index contributed by atoms with van der Waals surface area (Å²) in [6.45, 7) is 5.39.